The van der Waals surface area contributed by atoms with E-state index in [9.17, 15) is 18.0 Å². The minimum Gasteiger partial charge on any atom is -0.347 e. The number of carbonyl (C=O) groups excluding carboxylic acids is 2. The van der Waals surface area contributed by atoms with Crippen molar-refractivity contribution < 1.29 is 27.0 Å². The summed E-state index contributed by atoms with van der Waals surface area (Å²) in [6.07, 6.45) is 2.63. The Morgan fingerprint density at radius 1 is 1.04 bits per heavy atom. The van der Waals surface area contributed by atoms with Crippen LogP contribution in [0.5, 0.6) is 0 Å². The van der Waals surface area contributed by atoms with Gasteiger partial charge in [0.25, 0.3) is 10.1 Å². The lowest BCUT2D eigenvalue weighted by atomic mass is 10.3. The summed E-state index contributed by atoms with van der Waals surface area (Å²) in [4.78, 5) is 22.3. The lowest BCUT2D eigenvalue weighted by Gasteiger charge is -2.34. The number of hydrogen-bond acceptors (Lipinski definition) is 4. The minimum absolute atomic E-state index is 0.278. The van der Waals surface area contributed by atoms with Crippen LogP contribution in [0.2, 0.25) is 0 Å². The summed E-state index contributed by atoms with van der Waals surface area (Å²) in [5.74, 6) is -0.886. The van der Waals surface area contributed by atoms with E-state index >= 15 is 0 Å². The summed E-state index contributed by atoms with van der Waals surface area (Å²) in [6.45, 7) is 9.09. The Hall–Kier alpha value is -1.71. The molecule has 0 saturated carbocycles. The van der Waals surface area contributed by atoms with E-state index in [0.29, 0.717) is 37.2 Å². The second kappa shape index (κ2) is 10.1. The molecule has 23 heavy (non-hydrogen) atoms. The summed E-state index contributed by atoms with van der Waals surface area (Å²) < 4.78 is 30.9. The van der Waals surface area contributed by atoms with Crippen molar-refractivity contribution in [2.75, 3.05) is 45.5 Å². The van der Waals surface area contributed by atoms with Crippen LogP contribution in [0.3, 0.4) is 0 Å². The van der Waals surface area contributed by atoms with Crippen molar-refractivity contribution in [3.63, 3.8) is 0 Å². The maximum atomic E-state index is 11.2. The standard InChI is InChI=1S/C14H25N3O5S/c1-4-13(18)15-7-10-17(3,9-6-12-23(20,21)22)11-8-16-14(19)5-2/h4-5H,1-2,6-12H2,3H3,(H2-,15,16,18,19,20,21,22)/p+1. The molecule has 0 aromatic heterocycles. The molecular formula is C14H26N3O5S+. The molecule has 0 fully saturated rings. The van der Waals surface area contributed by atoms with E-state index in [1.165, 1.54) is 12.2 Å². The molecule has 0 aliphatic carbocycles. The Kier molecular flexibility index (Phi) is 9.38. The van der Waals surface area contributed by atoms with Gasteiger partial charge in [0, 0.05) is 6.42 Å². The first-order valence-corrected chi connectivity index (χ1v) is 8.82. The van der Waals surface area contributed by atoms with Crippen LogP contribution in [-0.2, 0) is 19.7 Å². The quantitative estimate of drug-likeness (QED) is 0.246. The fourth-order valence-electron chi connectivity index (χ4n) is 2.01. The number of nitrogens with zero attached hydrogens (tertiary/aromatic N) is 1. The van der Waals surface area contributed by atoms with Gasteiger partial charge in [0.15, 0.2) is 0 Å². The molecule has 0 heterocycles. The van der Waals surface area contributed by atoms with Crippen molar-refractivity contribution in [1.29, 1.82) is 0 Å². The van der Waals surface area contributed by atoms with Gasteiger partial charge in [-0.05, 0) is 12.2 Å². The number of carbonyl (C=O) groups is 2. The van der Waals surface area contributed by atoms with Gasteiger partial charge < -0.3 is 15.1 Å². The molecule has 3 N–H and O–H groups in total. The topological polar surface area (TPSA) is 113 Å². The molecule has 0 radical (unpaired) electrons. The maximum Gasteiger partial charge on any atom is 0.265 e. The molecule has 2 amide bonds. The zero-order valence-corrected chi connectivity index (χ0v) is 14.3. The Morgan fingerprint density at radius 2 is 1.48 bits per heavy atom. The highest BCUT2D eigenvalue weighted by Gasteiger charge is 2.22. The van der Waals surface area contributed by atoms with E-state index in [1.807, 2.05) is 7.05 Å². The van der Waals surface area contributed by atoms with E-state index in [-0.39, 0.29) is 24.0 Å². The van der Waals surface area contributed by atoms with Crippen molar-refractivity contribution in [3.05, 3.63) is 25.3 Å². The van der Waals surface area contributed by atoms with Gasteiger partial charge in [-0.25, -0.2) is 0 Å². The molecule has 0 aliphatic rings. The van der Waals surface area contributed by atoms with E-state index in [1.54, 1.807) is 0 Å². The van der Waals surface area contributed by atoms with E-state index in [0.717, 1.165) is 0 Å². The zero-order valence-electron chi connectivity index (χ0n) is 13.5. The van der Waals surface area contributed by atoms with Crippen LogP contribution in [0.25, 0.3) is 0 Å². The predicted octanol–water partition coefficient (Wildman–Crippen LogP) is -0.685. The van der Waals surface area contributed by atoms with Crippen LogP contribution < -0.4 is 10.6 Å². The maximum absolute atomic E-state index is 11.2. The molecule has 8 nitrogen and oxygen atoms in total. The Labute approximate surface area is 137 Å². The lowest BCUT2D eigenvalue weighted by molar-refractivity contribution is -0.907. The normalized spacial score (nSPS) is 11.6. The smallest absolute Gasteiger partial charge is 0.265 e. The van der Waals surface area contributed by atoms with Crippen molar-refractivity contribution >= 4 is 21.9 Å². The number of rotatable bonds is 12. The second-order valence-corrected chi connectivity index (χ2v) is 6.99. The summed E-state index contributed by atoms with van der Waals surface area (Å²) >= 11 is 0. The van der Waals surface area contributed by atoms with Crippen LogP contribution in [-0.4, -0.2) is 74.8 Å². The number of hydrogen-bond donors (Lipinski definition) is 3. The fraction of sp³-hybridized carbons (Fsp3) is 0.571. The molecule has 0 rings (SSSR count). The van der Waals surface area contributed by atoms with Crippen LogP contribution in [0.1, 0.15) is 6.42 Å². The summed E-state index contributed by atoms with van der Waals surface area (Å²) in [5, 5.41) is 5.32. The third-order valence-corrected chi connectivity index (χ3v) is 4.18. The average molecular weight is 348 g/mol. The van der Waals surface area contributed by atoms with Gasteiger partial charge in [-0.3, -0.25) is 14.1 Å². The Bertz CT molecular complexity index is 505. The molecule has 132 valence electrons. The lowest BCUT2D eigenvalue weighted by Crippen LogP contribution is -2.52. The molecule has 0 aromatic rings. The van der Waals surface area contributed by atoms with E-state index < -0.39 is 10.1 Å². The molecular weight excluding hydrogens is 322 g/mol. The first-order chi connectivity index (χ1) is 10.6. The second-order valence-electron chi connectivity index (χ2n) is 5.42. The number of quaternary nitrogens is 1. The van der Waals surface area contributed by atoms with Gasteiger partial charge >= 0.3 is 0 Å². The third-order valence-electron chi connectivity index (χ3n) is 3.37. The summed E-state index contributed by atoms with van der Waals surface area (Å²) in [6, 6.07) is 0. The van der Waals surface area contributed by atoms with Gasteiger partial charge in [0.1, 0.15) is 0 Å². The van der Waals surface area contributed by atoms with Gasteiger partial charge in [-0.15, -0.1) is 0 Å². The highest BCUT2D eigenvalue weighted by Crippen LogP contribution is 2.04. The minimum atomic E-state index is -4.00. The summed E-state index contributed by atoms with van der Waals surface area (Å²) in [5.41, 5.74) is 0. The fourth-order valence-corrected chi connectivity index (χ4v) is 2.50. The summed E-state index contributed by atoms with van der Waals surface area (Å²) in [7, 11) is -2.11. The van der Waals surface area contributed by atoms with Crippen LogP contribution in [0, 0.1) is 0 Å². The Balaban J connectivity index is 4.54. The van der Waals surface area contributed by atoms with Crippen molar-refractivity contribution in [2.24, 2.45) is 0 Å². The average Bonchev–Trinajstić information content (AvgIpc) is 2.45. The van der Waals surface area contributed by atoms with Crippen molar-refractivity contribution in [1.82, 2.24) is 10.6 Å². The molecule has 0 aliphatic heterocycles. The van der Waals surface area contributed by atoms with Gasteiger partial charge in [-0.1, -0.05) is 13.2 Å². The number of amides is 2. The number of nitrogens with one attached hydrogen (secondary N) is 2. The van der Waals surface area contributed by atoms with Gasteiger partial charge in [0.2, 0.25) is 11.8 Å². The predicted molar refractivity (Wildman–Crippen MR) is 88.2 cm³/mol. The Morgan fingerprint density at radius 3 is 1.83 bits per heavy atom. The van der Waals surface area contributed by atoms with Crippen molar-refractivity contribution in [3.8, 4) is 0 Å². The zero-order chi connectivity index (χ0) is 17.9. The monoisotopic (exact) mass is 348 g/mol. The van der Waals surface area contributed by atoms with Crippen LogP contribution in [0.15, 0.2) is 25.3 Å². The molecule has 0 saturated heterocycles. The first kappa shape index (κ1) is 21.3. The molecule has 0 bridgehead atoms. The first-order valence-electron chi connectivity index (χ1n) is 7.21. The van der Waals surface area contributed by atoms with Gasteiger partial charge in [0.05, 0.1) is 45.5 Å². The van der Waals surface area contributed by atoms with Crippen molar-refractivity contribution in [2.45, 2.75) is 6.42 Å². The molecule has 9 heteroatoms. The molecule has 0 unspecified atom stereocenters. The molecule has 0 atom stereocenters. The van der Waals surface area contributed by atoms with Crippen LogP contribution in [0.4, 0.5) is 0 Å². The van der Waals surface area contributed by atoms with Crippen LogP contribution >= 0.6 is 0 Å². The largest absolute Gasteiger partial charge is 0.347 e. The van der Waals surface area contributed by atoms with E-state index in [2.05, 4.69) is 23.8 Å². The highest BCUT2D eigenvalue weighted by atomic mass is 32.2. The van der Waals surface area contributed by atoms with Gasteiger partial charge in [-0.2, -0.15) is 8.42 Å². The third kappa shape index (κ3) is 11.5. The number of likely N-dealkylation sites (N-methyl/N-ethyl adjacent to an activating group) is 1. The molecule has 0 aromatic carbocycles. The molecule has 0 spiro atoms. The SMILES string of the molecule is C=CC(=O)NCC[N+](C)(CCCS(=O)(=O)O)CCNC(=O)C=C. The highest BCUT2D eigenvalue weighted by molar-refractivity contribution is 7.85. The van der Waals surface area contributed by atoms with E-state index in [4.69, 9.17) is 4.55 Å².